The van der Waals surface area contributed by atoms with Gasteiger partial charge in [0.15, 0.2) is 0 Å². The number of benzene rings is 2. The zero-order valence-corrected chi connectivity index (χ0v) is 16.8. The van der Waals surface area contributed by atoms with E-state index in [-0.39, 0.29) is 16.4 Å². The van der Waals surface area contributed by atoms with Crippen molar-refractivity contribution < 1.29 is 17.4 Å². The Balaban J connectivity index is 1.39. The predicted molar refractivity (Wildman–Crippen MR) is 103 cm³/mol. The first-order valence-corrected chi connectivity index (χ1v) is 10.7. The van der Waals surface area contributed by atoms with Crippen molar-refractivity contribution in [2.45, 2.75) is 50.0 Å². The molecule has 144 valence electrons. The summed E-state index contributed by atoms with van der Waals surface area (Å²) in [6, 6.07) is 13.0. The van der Waals surface area contributed by atoms with Gasteiger partial charge in [-0.1, -0.05) is 29.8 Å². The van der Waals surface area contributed by atoms with Crippen LogP contribution in [0.15, 0.2) is 47.4 Å². The third-order valence-corrected chi connectivity index (χ3v) is 6.56. The Morgan fingerprint density at radius 1 is 1.11 bits per heavy atom. The molecule has 2 aliphatic rings. The van der Waals surface area contributed by atoms with E-state index in [1.807, 2.05) is 13.0 Å². The molecule has 0 unspecified atom stereocenters. The molecule has 4 rings (SSSR count). The molecule has 1 saturated heterocycles. The Labute approximate surface area is 161 Å². The van der Waals surface area contributed by atoms with Crippen molar-refractivity contribution in [2.75, 3.05) is 13.1 Å². The fraction of sp³-hybridized carbons (Fsp3) is 0.429. The number of hydrogen-bond acceptors (Lipinski definition) is 5. The van der Waals surface area contributed by atoms with Gasteiger partial charge >= 0.3 is 10.1 Å². The van der Waals surface area contributed by atoms with Crippen LogP contribution in [0.1, 0.15) is 42.9 Å². The molecule has 6 heteroatoms. The molecule has 0 spiro atoms. The summed E-state index contributed by atoms with van der Waals surface area (Å²) in [5, 5.41) is 1.51. The van der Waals surface area contributed by atoms with E-state index in [4.69, 9.17) is 9.02 Å². The molecule has 2 aromatic rings. The van der Waals surface area contributed by atoms with Gasteiger partial charge in [-0.15, -0.1) is 0 Å². The molecule has 5 nitrogen and oxygen atoms in total. The van der Waals surface area contributed by atoms with E-state index in [0.717, 1.165) is 24.2 Å². The summed E-state index contributed by atoms with van der Waals surface area (Å²) in [6.07, 6.45) is 2.00. The lowest BCUT2D eigenvalue weighted by molar-refractivity contribution is -0.114. The van der Waals surface area contributed by atoms with Crippen LogP contribution in [0.4, 0.5) is 0 Å². The third kappa shape index (κ3) is 3.88. The highest BCUT2D eigenvalue weighted by atomic mass is 32.2. The number of hydrogen-bond donors (Lipinski definition) is 0. The topological polar surface area (TPSA) is 55.8 Å². The lowest BCUT2D eigenvalue weighted by Gasteiger charge is -2.38. The number of nitrogens with zero attached hydrogens (tertiary/aromatic N) is 1. The van der Waals surface area contributed by atoms with Crippen LogP contribution in [0.25, 0.3) is 0 Å². The van der Waals surface area contributed by atoms with E-state index in [2.05, 4.69) is 26.0 Å². The zero-order chi connectivity index (χ0) is 19.2. The Morgan fingerprint density at radius 2 is 1.81 bits per heavy atom. The van der Waals surface area contributed by atoms with Crippen LogP contribution in [0, 0.1) is 6.92 Å². The highest BCUT2D eigenvalue weighted by molar-refractivity contribution is 7.86. The smallest absolute Gasteiger partial charge is 0.313 e. The van der Waals surface area contributed by atoms with E-state index in [0.29, 0.717) is 13.1 Å². The lowest BCUT2D eigenvalue weighted by atomic mass is 9.88. The molecule has 0 saturated carbocycles. The molecule has 0 N–H and O–H groups in total. The van der Waals surface area contributed by atoms with Gasteiger partial charge in [0.05, 0.1) is 4.90 Å². The molecule has 1 fully saturated rings. The maximum Gasteiger partial charge on any atom is 0.313 e. The molecule has 0 atom stereocenters. The minimum atomic E-state index is -3.76. The second kappa shape index (κ2) is 6.62. The standard InChI is InChI=1S/C21H25NO4S/c1-15-4-7-19(8-5-15)27(23,24)26-22-13-18(14-22)16-6-9-20-17(12-16)10-11-21(2,3)25-20/h4-9,12,18H,10-11,13-14H2,1-3H3. The van der Waals surface area contributed by atoms with Crippen molar-refractivity contribution >= 4 is 10.1 Å². The molecule has 2 aromatic carbocycles. The van der Waals surface area contributed by atoms with Gasteiger partial charge in [-0.25, -0.2) is 0 Å². The van der Waals surface area contributed by atoms with Crippen LogP contribution >= 0.6 is 0 Å². The summed E-state index contributed by atoms with van der Waals surface area (Å²) in [6.45, 7) is 7.27. The van der Waals surface area contributed by atoms with Crippen LogP contribution < -0.4 is 4.74 Å². The first kappa shape index (κ1) is 18.5. The third-order valence-electron chi connectivity index (χ3n) is 5.30. The number of rotatable bonds is 4. The van der Waals surface area contributed by atoms with Gasteiger partial charge in [-0.3, -0.25) is 0 Å². The minimum absolute atomic E-state index is 0.111. The van der Waals surface area contributed by atoms with E-state index >= 15 is 0 Å². The van der Waals surface area contributed by atoms with Gasteiger partial charge in [0.2, 0.25) is 0 Å². The van der Waals surface area contributed by atoms with Crippen molar-refractivity contribution in [3.8, 4) is 5.75 Å². The highest BCUT2D eigenvalue weighted by Gasteiger charge is 2.34. The van der Waals surface area contributed by atoms with E-state index in [1.165, 1.54) is 16.2 Å². The average Bonchev–Trinajstić information content (AvgIpc) is 2.57. The molecule has 0 bridgehead atoms. The average molecular weight is 388 g/mol. The van der Waals surface area contributed by atoms with Gasteiger partial charge in [0.1, 0.15) is 11.4 Å². The SMILES string of the molecule is Cc1ccc(S(=O)(=O)ON2CC(c3ccc4c(c3)CCC(C)(C)O4)C2)cc1. The minimum Gasteiger partial charge on any atom is -0.488 e. The lowest BCUT2D eigenvalue weighted by Crippen LogP contribution is -2.45. The second-order valence-electron chi connectivity index (χ2n) is 8.11. The fourth-order valence-electron chi connectivity index (χ4n) is 3.53. The normalized spacial score (nSPS) is 19.8. The molecular weight excluding hydrogens is 362 g/mol. The molecule has 0 amide bonds. The summed E-state index contributed by atoms with van der Waals surface area (Å²) < 4.78 is 36.0. The number of aryl methyl sites for hydroxylation is 2. The van der Waals surface area contributed by atoms with Gasteiger partial charge in [-0.2, -0.15) is 17.8 Å². The van der Waals surface area contributed by atoms with Crippen LogP contribution in [0.3, 0.4) is 0 Å². The van der Waals surface area contributed by atoms with Crippen molar-refractivity contribution in [3.63, 3.8) is 0 Å². The quantitative estimate of drug-likeness (QED) is 0.798. The van der Waals surface area contributed by atoms with Crippen LogP contribution in [-0.2, 0) is 20.8 Å². The van der Waals surface area contributed by atoms with E-state index in [9.17, 15) is 8.42 Å². The van der Waals surface area contributed by atoms with Crippen LogP contribution in [0.2, 0.25) is 0 Å². The first-order chi connectivity index (χ1) is 12.7. The Bertz CT molecular complexity index is 945. The molecule has 2 aliphatic heterocycles. The molecular formula is C21H25NO4S. The Hall–Kier alpha value is -1.89. The Morgan fingerprint density at radius 3 is 2.52 bits per heavy atom. The summed E-state index contributed by atoms with van der Waals surface area (Å²) in [5.74, 6) is 1.24. The second-order valence-corrected chi connectivity index (χ2v) is 9.64. The number of ether oxygens (including phenoxy) is 1. The molecule has 2 heterocycles. The zero-order valence-electron chi connectivity index (χ0n) is 15.9. The largest absolute Gasteiger partial charge is 0.488 e. The number of fused-ring (bicyclic) bond motifs is 1. The molecule has 0 aliphatic carbocycles. The molecule has 27 heavy (non-hydrogen) atoms. The monoisotopic (exact) mass is 387 g/mol. The molecule has 0 radical (unpaired) electrons. The highest BCUT2D eigenvalue weighted by Crippen LogP contribution is 2.37. The first-order valence-electron chi connectivity index (χ1n) is 9.30. The van der Waals surface area contributed by atoms with Crippen LogP contribution in [-0.4, -0.2) is 32.2 Å². The summed E-state index contributed by atoms with van der Waals surface area (Å²) in [4.78, 5) is 0.185. The van der Waals surface area contributed by atoms with Crippen LogP contribution in [0.5, 0.6) is 5.75 Å². The fourth-order valence-corrected chi connectivity index (χ4v) is 4.48. The predicted octanol–water partition coefficient (Wildman–Crippen LogP) is 3.82. The van der Waals surface area contributed by atoms with Crippen molar-refractivity contribution in [2.24, 2.45) is 0 Å². The maximum atomic E-state index is 12.4. The maximum absolute atomic E-state index is 12.4. The summed E-state index contributed by atoms with van der Waals surface area (Å²) in [5.41, 5.74) is 3.35. The van der Waals surface area contributed by atoms with Crippen molar-refractivity contribution in [3.05, 3.63) is 59.2 Å². The van der Waals surface area contributed by atoms with E-state index in [1.54, 1.807) is 24.3 Å². The summed E-state index contributed by atoms with van der Waals surface area (Å²) in [7, 11) is -3.76. The van der Waals surface area contributed by atoms with Crippen molar-refractivity contribution in [1.29, 1.82) is 0 Å². The summed E-state index contributed by atoms with van der Waals surface area (Å²) >= 11 is 0. The number of hydroxylamine groups is 2. The van der Waals surface area contributed by atoms with Gasteiger partial charge < -0.3 is 4.74 Å². The molecule has 0 aromatic heterocycles. The van der Waals surface area contributed by atoms with Gasteiger partial charge in [0, 0.05) is 19.0 Å². The van der Waals surface area contributed by atoms with Gasteiger partial charge in [0.25, 0.3) is 0 Å². The van der Waals surface area contributed by atoms with E-state index < -0.39 is 10.1 Å². The van der Waals surface area contributed by atoms with Crippen molar-refractivity contribution in [1.82, 2.24) is 5.06 Å². The van der Waals surface area contributed by atoms with Gasteiger partial charge in [-0.05, 0) is 62.9 Å². The Kier molecular flexibility index (Phi) is 4.53.